The molecule has 3 atom stereocenters. The second-order valence-corrected chi connectivity index (χ2v) is 7.40. The van der Waals surface area contributed by atoms with Crippen LogP contribution in [0.2, 0.25) is 0 Å². The Kier molecular flexibility index (Phi) is 8.61. The third-order valence-corrected chi connectivity index (χ3v) is 4.89. The topological polar surface area (TPSA) is 109 Å². The molecule has 0 aromatic carbocycles. The van der Waals surface area contributed by atoms with E-state index in [1.165, 1.54) is 0 Å². The minimum atomic E-state index is -0.419. The lowest BCUT2D eigenvalue weighted by Crippen LogP contribution is -2.54. The molecule has 2 aliphatic heterocycles. The van der Waals surface area contributed by atoms with Crippen LogP contribution in [0.15, 0.2) is 0 Å². The first-order valence-electron chi connectivity index (χ1n) is 9.68. The van der Waals surface area contributed by atoms with E-state index in [-0.39, 0.29) is 42.7 Å². The minimum Gasteiger partial charge on any atom is -0.394 e. The van der Waals surface area contributed by atoms with Crippen molar-refractivity contribution in [1.29, 1.82) is 0 Å². The van der Waals surface area contributed by atoms with Crippen LogP contribution >= 0.6 is 0 Å². The SMILES string of the molecule is CC(C)NC(=O)N[C@@H]1CC[C@H](CCNC(=O)C2CCOCC2)O[C@H]1CO. The highest BCUT2D eigenvalue weighted by Crippen LogP contribution is 2.22. The largest absolute Gasteiger partial charge is 0.394 e. The third kappa shape index (κ3) is 6.74. The predicted octanol–water partition coefficient (Wildman–Crippen LogP) is 0.535. The number of hydrogen-bond donors (Lipinski definition) is 4. The van der Waals surface area contributed by atoms with Crippen LogP contribution in [-0.4, -0.2) is 67.7 Å². The van der Waals surface area contributed by atoms with Gasteiger partial charge in [-0.2, -0.15) is 0 Å². The van der Waals surface area contributed by atoms with E-state index in [2.05, 4.69) is 16.0 Å². The lowest BCUT2D eigenvalue weighted by molar-refractivity contribution is -0.128. The van der Waals surface area contributed by atoms with E-state index in [0.29, 0.717) is 26.2 Å². The van der Waals surface area contributed by atoms with Gasteiger partial charge in [0.05, 0.1) is 18.8 Å². The van der Waals surface area contributed by atoms with Crippen LogP contribution in [-0.2, 0) is 14.3 Å². The Morgan fingerprint density at radius 1 is 1.15 bits per heavy atom. The zero-order chi connectivity index (χ0) is 18.9. The molecule has 2 aliphatic rings. The van der Waals surface area contributed by atoms with Gasteiger partial charge in [-0.1, -0.05) is 0 Å². The number of aliphatic hydroxyl groups is 1. The fourth-order valence-corrected chi connectivity index (χ4v) is 3.44. The van der Waals surface area contributed by atoms with Gasteiger partial charge in [-0.25, -0.2) is 4.79 Å². The van der Waals surface area contributed by atoms with Crippen molar-refractivity contribution in [2.45, 2.75) is 70.2 Å². The van der Waals surface area contributed by atoms with Gasteiger partial charge >= 0.3 is 6.03 Å². The predicted molar refractivity (Wildman–Crippen MR) is 96.7 cm³/mol. The van der Waals surface area contributed by atoms with Crippen LogP contribution in [0.3, 0.4) is 0 Å². The summed E-state index contributed by atoms with van der Waals surface area (Å²) >= 11 is 0. The monoisotopic (exact) mass is 371 g/mol. The minimum absolute atomic E-state index is 0.0200. The van der Waals surface area contributed by atoms with Gasteiger partial charge in [-0.05, 0) is 46.0 Å². The number of urea groups is 1. The Balaban J connectivity index is 1.69. The smallest absolute Gasteiger partial charge is 0.315 e. The lowest BCUT2D eigenvalue weighted by Gasteiger charge is -2.36. The highest BCUT2D eigenvalue weighted by atomic mass is 16.5. The Morgan fingerprint density at radius 3 is 2.54 bits per heavy atom. The van der Waals surface area contributed by atoms with Crippen molar-refractivity contribution in [2.75, 3.05) is 26.4 Å². The number of rotatable bonds is 7. The molecule has 0 saturated carbocycles. The molecule has 4 N–H and O–H groups in total. The Morgan fingerprint density at radius 2 is 1.88 bits per heavy atom. The highest BCUT2D eigenvalue weighted by Gasteiger charge is 2.32. The van der Waals surface area contributed by atoms with Gasteiger partial charge in [0.25, 0.3) is 0 Å². The Labute approximate surface area is 155 Å². The Hall–Kier alpha value is -1.38. The molecule has 0 aromatic rings. The van der Waals surface area contributed by atoms with Gasteiger partial charge in [0.2, 0.25) is 5.91 Å². The number of hydrogen-bond acceptors (Lipinski definition) is 5. The first-order valence-corrected chi connectivity index (χ1v) is 9.68. The number of ether oxygens (including phenoxy) is 2. The molecular formula is C18H33N3O5. The molecule has 2 fully saturated rings. The molecule has 3 amide bonds. The molecule has 0 spiro atoms. The van der Waals surface area contributed by atoms with Gasteiger partial charge in [0.1, 0.15) is 6.10 Å². The molecule has 0 radical (unpaired) electrons. The summed E-state index contributed by atoms with van der Waals surface area (Å²) in [5.41, 5.74) is 0. The van der Waals surface area contributed by atoms with E-state index in [1.807, 2.05) is 13.8 Å². The first-order chi connectivity index (χ1) is 12.5. The summed E-state index contributed by atoms with van der Waals surface area (Å²) in [5.74, 6) is 0.141. The maximum atomic E-state index is 12.1. The molecular weight excluding hydrogens is 338 g/mol. The van der Waals surface area contributed by atoms with Gasteiger partial charge in [-0.15, -0.1) is 0 Å². The van der Waals surface area contributed by atoms with Crippen molar-refractivity contribution in [1.82, 2.24) is 16.0 Å². The number of nitrogens with one attached hydrogen (secondary N) is 3. The zero-order valence-electron chi connectivity index (χ0n) is 15.8. The molecule has 2 saturated heterocycles. The quantitative estimate of drug-likeness (QED) is 0.522. The van der Waals surface area contributed by atoms with Crippen LogP contribution in [0.5, 0.6) is 0 Å². The maximum Gasteiger partial charge on any atom is 0.315 e. The molecule has 8 nitrogen and oxygen atoms in total. The summed E-state index contributed by atoms with van der Waals surface area (Å²) in [6.45, 7) is 5.51. The molecule has 0 aliphatic carbocycles. The molecule has 2 rings (SSSR count). The van der Waals surface area contributed by atoms with Crippen molar-refractivity contribution in [3.05, 3.63) is 0 Å². The van der Waals surface area contributed by atoms with Crippen molar-refractivity contribution >= 4 is 11.9 Å². The highest BCUT2D eigenvalue weighted by molar-refractivity contribution is 5.78. The summed E-state index contributed by atoms with van der Waals surface area (Å²) in [6.07, 6.45) is 3.36. The van der Waals surface area contributed by atoms with Gasteiger partial charge < -0.3 is 30.5 Å². The van der Waals surface area contributed by atoms with E-state index in [4.69, 9.17) is 9.47 Å². The van der Waals surface area contributed by atoms with Crippen LogP contribution in [0.1, 0.15) is 46.0 Å². The molecule has 8 heteroatoms. The Bertz CT molecular complexity index is 454. The fraction of sp³-hybridized carbons (Fsp3) is 0.889. The van der Waals surface area contributed by atoms with E-state index in [0.717, 1.165) is 25.7 Å². The van der Waals surface area contributed by atoms with Gasteiger partial charge in [-0.3, -0.25) is 4.79 Å². The number of amides is 3. The molecule has 26 heavy (non-hydrogen) atoms. The molecule has 150 valence electrons. The molecule has 2 heterocycles. The van der Waals surface area contributed by atoms with E-state index in [9.17, 15) is 14.7 Å². The average Bonchev–Trinajstić information content (AvgIpc) is 2.62. The summed E-state index contributed by atoms with van der Waals surface area (Å²) < 4.78 is 11.2. The first kappa shape index (κ1) is 20.9. The van der Waals surface area contributed by atoms with E-state index in [1.54, 1.807) is 0 Å². The molecule has 0 aromatic heterocycles. The van der Waals surface area contributed by atoms with Crippen molar-refractivity contribution in [3.63, 3.8) is 0 Å². The number of aliphatic hydroxyl groups excluding tert-OH is 1. The van der Waals surface area contributed by atoms with Crippen LogP contribution in [0.4, 0.5) is 4.79 Å². The lowest BCUT2D eigenvalue weighted by atomic mass is 9.96. The fourth-order valence-electron chi connectivity index (χ4n) is 3.44. The normalized spacial score (nSPS) is 27.2. The van der Waals surface area contributed by atoms with Crippen LogP contribution < -0.4 is 16.0 Å². The van der Waals surface area contributed by atoms with E-state index < -0.39 is 6.10 Å². The number of carbonyl (C=O) groups excluding carboxylic acids is 2. The molecule has 0 bridgehead atoms. The summed E-state index contributed by atoms with van der Waals surface area (Å²) in [5, 5.41) is 18.2. The van der Waals surface area contributed by atoms with E-state index >= 15 is 0 Å². The van der Waals surface area contributed by atoms with Crippen LogP contribution in [0.25, 0.3) is 0 Å². The van der Waals surface area contributed by atoms with Gasteiger partial charge in [0.15, 0.2) is 0 Å². The second-order valence-electron chi connectivity index (χ2n) is 7.40. The number of carbonyl (C=O) groups is 2. The third-order valence-electron chi connectivity index (χ3n) is 4.89. The second kappa shape index (κ2) is 10.7. The molecule has 0 unspecified atom stereocenters. The van der Waals surface area contributed by atoms with Crippen molar-refractivity contribution in [2.24, 2.45) is 5.92 Å². The van der Waals surface area contributed by atoms with Gasteiger partial charge in [0, 0.05) is 31.7 Å². The summed E-state index contributed by atoms with van der Waals surface area (Å²) in [6, 6.07) is -0.389. The van der Waals surface area contributed by atoms with Crippen LogP contribution in [0, 0.1) is 5.92 Å². The average molecular weight is 371 g/mol. The van der Waals surface area contributed by atoms with Crippen molar-refractivity contribution in [3.8, 4) is 0 Å². The summed E-state index contributed by atoms with van der Waals surface area (Å²) in [7, 11) is 0. The summed E-state index contributed by atoms with van der Waals surface area (Å²) in [4.78, 5) is 24.0. The van der Waals surface area contributed by atoms with Crippen molar-refractivity contribution < 1.29 is 24.2 Å². The maximum absolute atomic E-state index is 12.1. The standard InChI is InChI=1S/C18H33N3O5/c1-12(2)20-18(24)21-15-4-3-14(26-16(15)11-22)5-8-19-17(23)13-6-9-25-10-7-13/h12-16,22H,3-11H2,1-2H3,(H,19,23)(H2,20,21,24)/t14-,15-,16+/m1/s1. The zero-order valence-corrected chi connectivity index (χ0v) is 15.8.